The fraction of sp³-hybridized carbons (Fsp3) is 0.357. The van der Waals surface area contributed by atoms with Crippen molar-refractivity contribution in [3.8, 4) is 6.07 Å². The van der Waals surface area contributed by atoms with E-state index >= 15 is 0 Å². The van der Waals surface area contributed by atoms with E-state index in [9.17, 15) is 61.5 Å². The van der Waals surface area contributed by atoms with Crippen LogP contribution in [0.1, 0.15) is 83.9 Å². The second kappa shape index (κ2) is 20.7. The van der Waals surface area contributed by atoms with Crippen molar-refractivity contribution < 1.29 is 61.5 Å². The van der Waals surface area contributed by atoms with E-state index in [1.54, 1.807) is 13.0 Å². The number of piperidine rings is 1. The number of amides is 2. The largest absolute Gasteiger partial charge is 0.416 e. The third-order valence-corrected chi connectivity index (χ3v) is 11.1. The van der Waals surface area contributed by atoms with Crippen LogP contribution >= 0.6 is 0 Å². The summed E-state index contributed by atoms with van der Waals surface area (Å²) in [5, 5.41) is 14.3. The molecule has 64 heavy (non-hydrogen) atoms. The van der Waals surface area contributed by atoms with Gasteiger partial charge in [0.25, 0.3) is 0 Å². The SMILES string of the molecule is CC(C(=O)NCc1ccc(C(F)(F)F)cc1C#N)c1ccc(NS(C)(=O)=O)c(F)c1.C[C@H](C(=O)NCc1ccc(C(F)(F)F)cc1N1CCCCC1)c1ccc(NS(C)(=O)=O)c(F)c1. The summed E-state index contributed by atoms with van der Waals surface area (Å²) in [5.74, 6) is -4.29. The summed E-state index contributed by atoms with van der Waals surface area (Å²) in [7, 11) is -7.33. The second-order valence-electron chi connectivity index (χ2n) is 15.0. The Hall–Kier alpha value is -5.95. The molecular weight excluding hydrogens is 901 g/mol. The smallest absolute Gasteiger partial charge is 0.371 e. The lowest BCUT2D eigenvalue weighted by atomic mass is 9.99. The molecule has 4 aromatic carbocycles. The summed E-state index contributed by atoms with van der Waals surface area (Å²) in [4.78, 5) is 27.0. The van der Waals surface area contributed by atoms with Crippen molar-refractivity contribution in [2.24, 2.45) is 0 Å². The standard InChI is InChI=1S/C23H27F4N3O3S.C19H17F4N3O3S/c1-15(16-7-9-20(19(24)12-16)29-34(2,32)33)22(31)28-14-17-6-8-18(23(25,26)27)13-21(17)30-10-4-3-5-11-30;1-11(12-4-6-17(16(20)8-12)26-30(2,28)29)18(27)25-10-13-3-5-15(19(21,22)23)7-14(13)9-24/h6-9,12-13,15,29H,3-5,10-11,14H2,1-2H3,(H,28,31);3-8,11,26H,10H2,1-2H3,(H,25,27)/t15-;/m0./s1. The first-order chi connectivity index (χ1) is 29.7. The quantitative estimate of drug-likeness (QED) is 0.0972. The van der Waals surface area contributed by atoms with Crippen LogP contribution in [-0.4, -0.2) is 54.3 Å². The minimum atomic E-state index is -4.59. The maximum atomic E-state index is 14.3. The second-order valence-corrected chi connectivity index (χ2v) is 18.5. The molecule has 1 fully saturated rings. The van der Waals surface area contributed by atoms with Crippen LogP contribution in [0.25, 0.3) is 0 Å². The molecule has 12 nitrogen and oxygen atoms in total. The van der Waals surface area contributed by atoms with Gasteiger partial charge >= 0.3 is 12.4 Å². The van der Waals surface area contributed by atoms with E-state index < -0.39 is 78.8 Å². The molecule has 1 aliphatic heterocycles. The summed E-state index contributed by atoms with van der Waals surface area (Å²) < 4.78 is 156. The summed E-state index contributed by atoms with van der Waals surface area (Å²) in [6.07, 6.45) is -4.51. The number of rotatable bonds is 13. The van der Waals surface area contributed by atoms with Crippen molar-refractivity contribution in [3.63, 3.8) is 0 Å². The molecule has 22 heteroatoms. The first-order valence-corrected chi connectivity index (χ1v) is 23.1. The van der Waals surface area contributed by atoms with E-state index in [0.717, 1.165) is 68.2 Å². The Morgan fingerprint density at radius 2 is 1.08 bits per heavy atom. The molecule has 1 saturated heterocycles. The molecule has 0 aromatic heterocycles. The molecule has 346 valence electrons. The van der Waals surface area contributed by atoms with Crippen LogP contribution in [0.2, 0.25) is 0 Å². The molecule has 1 unspecified atom stereocenters. The Labute approximate surface area is 365 Å². The fourth-order valence-corrected chi connectivity index (χ4v) is 7.60. The number of benzene rings is 4. The van der Waals surface area contributed by atoms with Gasteiger partial charge in [-0.25, -0.2) is 25.6 Å². The predicted molar refractivity (Wildman–Crippen MR) is 224 cm³/mol. The minimum Gasteiger partial charge on any atom is -0.371 e. The fourth-order valence-electron chi connectivity index (χ4n) is 6.47. The third-order valence-electron chi connectivity index (χ3n) is 9.94. The molecule has 0 radical (unpaired) electrons. The number of nitrogens with one attached hydrogen (secondary N) is 4. The van der Waals surface area contributed by atoms with Gasteiger partial charge in [-0.3, -0.25) is 19.0 Å². The van der Waals surface area contributed by atoms with Gasteiger partial charge in [-0.1, -0.05) is 24.3 Å². The van der Waals surface area contributed by atoms with Gasteiger partial charge in [0.05, 0.1) is 58.5 Å². The molecule has 0 bridgehead atoms. The van der Waals surface area contributed by atoms with Gasteiger partial charge in [-0.15, -0.1) is 0 Å². The molecule has 0 saturated carbocycles. The molecule has 4 aromatic rings. The molecule has 0 aliphatic carbocycles. The topological polar surface area (TPSA) is 178 Å². The third kappa shape index (κ3) is 14.5. The van der Waals surface area contributed by atoms with Gasteiger partial charge in [-0.2, -0.15) is 31.6 Å². The van der Waals surface area contributed by atoms with E-state index in [2.05, 4.69) is 15.4 Å². The van der Waals surface area contributed by atoms with Gasteiger partial charge in [0, 0.05) is 31.9 Å². The normalized spacial score (nSPS) is 14.3. The highest BCUT2D eigenvalue weighted by Gasteiger charge is 2.33. The van der Waals surface area contributed by atoms with Gasteiger partial charge in [0.2, 0.25) is 31.9 Å². The lowest BCUT2D eigenvalue weighted by Crippen LogP contribution is -2.32. The lowest BCUT2D eigenvalue weighted by molar-refractivity contribution is -0.138. The maximum absolute atomic E-state index is 14.3. The number of alkyl halides is 6. The molecule has 2 atom stereocenters. The number of nitrogens with zero attached hydrogens (tertiary/aromatic N) is 2. The zero-order valence-corrected chi connectivity index (χ0v) is 36.3. The number of halogens is 8. The van der Waals surface area contributed by atoms with E-state index in [1.807, 2.05) is 9.62 Å². The Kier molecular flexibility index (Phi) is 16.4. The van der Waals surface area contributed by atoms with E-state index in [-0.39, 0.29) is 41.2 Å². The predicted octanol–water partition coefficient (Wildman–Crippen LogP) is 8.13. The number of hydrogen-bond donors (Lipinski definition) is 4. The van der Waals surface area contributed by atoms with E-state index in [0.29, 0.717) is 36.0 Å². The van der Waals surface area contributed by atoms with Crippen LogP contribution in [0.15, 0.2) is 72.8 Å². The number of anilines is 3. The number of carbonyl (C=O) groups excluding carboxylic acids is 2. The molecule has 1 heterocycles. The highest BCUT2D eigenvalue weighted by molar-refractivity contribution is 7.92. The van der Waals surface area contributed by atoms with Crippen molar-refractivity contribution >= 4 is 48.9 Å². The van der Waals surface area contributed by atoms with E-state index in [4.69, 9.17) is 5.26 Å². The molecule has 5 rings (SSSR count). The monoisotopic (exact) mass is 944 g/mol. The number of sulfonamides is 2. The van der Waals surface area contributed by atoms with Gasteiger partial charge < -0.3 is 15.5 Å². The van der Waals surface area contributed by atoms with Gasteiger partial charge in [0.15, 0.2) is 0 Å². The minimum absolute atomic E-state index is 0.0172. The van der Waals surface area contributed by atoms with E-state index in [1.165, 1.54) is 37.3 Å². The van der Waals surface area contributed by atoms with Crippen LogP contribution in [0.3, 0.4) is 0 Å². The average Bonchev–Trinajstić information content (AvgIpc) is 3.21. The van der Waals surface area contributed by atoms with Gasteiger partial charge in [-0.05, 0) is 104 Å². The Balaban J connectivity index is 0.000000283. The van der Waals surface area contributed by atoms with Crippen LogP contribution in [0, 0.1) is 23.0 Å². The van der Waals surface area contributed by atoms with Crippen LogP contribution < -0.4 is 25.0 Å². The summed E-state index contributed by atoms with van der Waals surface area (Å²) >= 11 is 0. The van der Waals surface area contributed by atoms with Crippen LogP contribution in [0.5, 0.6) is 0 Å². The van der Waals surface area contributed by atoms with Crippen molar-refractivity contribution in [1.29, 1.82) is 5.26 Å². The highest BCUT2D eigenvalue weighted by Crippen LogP contribution is 2.35. The van der Waals surface area contributed by atoms with Crippen molar-refractivity contribution in [1.82, 2.24) is 10.6 Å². The van der Waals surface area contributed by atoms with Crippen molar-refractivity contribution in [2.75, 3.05) is 39.9 Å². The molecule has 1 aliphatic rings. The molecule has 4 N–H and O–H groups in total. The van der Waals surface area contributed by atoms with Crippen molar-refractivity contribution in [2.45, 2.75) is 70.4 Å². The number of nitriles is 1. The molecule has 2 amide bonds. The van der Waals surface area contributed by atoms with Gasteiger partial charge in [0.1, 0.15) is 11.6 Å². The summed E-state index contributed by atoms with van der Waals surface area (Å²) in [6.45, 7) is 4.15. The van der Waals surface area contributed by atoms with Crippen LogP contribution in [0.4, 0.5) is 52.2 Å². The van der Waals surface area contributed by atoms with Crippen molar-refractivity contribution in [3.05, 3.63) is 123 Å². The van der Waals surface area contributed by atoms with Crippen LogP contribution in [-0.2, 0) is 55.1 Å². The molecular formula is C42H44F8N6O6S2. The number of hydrogen-bond acceptors (Lipinski definition) is 8. The summed E-state index contributed by atoms with van der Waals surface area (Å²) in [5.41, 5.74) is -0.624. The zero-order chi connectivity index (χ0) is 47.8. The number of carbonyl (C=O) groups is 2. The maximum Gasteiger partial charge on any atom is 0.416 e. The zero-order valence-electron chi connectivity index (χ0n) is 34.7. The summed E-state index contributed by atoms with van der Waals surface area (Å²) in [6, 6.07) is 15.1. The lowest BCUT2D eigenvalue weighted by Gasteiger charge is -2.31. The highest BCUT2D eigenvalue weighted by atomic mass is 32.2. The first kappa shape index (κ1) is 50.7. The Morgan fingerprint density at radius 3 is 1.48 bits per heavy atom. The first-order valence-electron chi connectivity index (χ1n) is 19.3. The Morgan fingerprint density at radius 1 is 0.656 bits per heavy atom. The average molecular weight is 945 g/mol. The Bertz CT molecular complexity index is 2610. The molecule has 0 spiro atoms.